The minimum Gasteiger partial charge on any atom is -0.423 e. The van der Waals surface area contributed by atoms with E-state index in [0.717, 1.165) is 5.39 Å². The van der Waals surface area contributed by atoms with Gasteiger partial charge in [-0.1, -0.05) is 17.7 Å². The molecule has 0 aliphatic rings. The van der Waals surface area contributed by atoms with Gasteiger partial charge in [-0.2, -0.15) is 5.10 Å². The van der Waals surface area contributed by atoms with E-state index in [0.29, 0.717) is 16.0 Å². The molecule has 0 saturated carbocycles. The molecule has 1 aromatic heterocycles. The van der Waals surface area contributed by atoms with Crippen molar-refractivity contribution in [2.45, 2.75) is 0 Å². The number of nitrogens with zero attached hydrogens (tertiary/aromatic N) is 1. The Morgan fingerprint density at radius 3 is 2.85 bits per heavy atom. The molecule has 0 radical (unpaired) electrons. The van der Waals surface area contributed by atoms with E-state index in [-0.39, 0.29) is 0 Å². The Hall–Kier alpha value is -1.04. The molecular formula is C7H6BClN2O2. The Labute approximate surface area is 79.3 Å². The maximum Gasteiger partial charge on any atom is 0.488 e. The molecule has 1 aromatic carbocycles. The van der Waals surface area contributed by atoms with Crippen molar-refractivity contribution in [2.24, 2.45) is 0 Å². The van der Waals surface area contributed by atoms with Crippen molar-refractivity contribution in [3.05, 3.63) is 23.4 Å². The summed E-state index contributed by atoms with van der Waals surface area (Å²) >= 11 is 5.85. The molecule has 0 aliphatic heterocycles. The van der Waals surface area contributed by atoms with E-state index < -0.39 is 7.12 Å². The molecule has 0 spiro atoms. The van der Waals surface area contributed by atoms with Crippen molar-refractivity contribution in [3.63, 3.8) is 0 Å². The molecule has 0 amide bonds. The Morgan fingerprint density at radius 2 is 2.15 bits per heavy atom. The van der Waals surface area contributed by atoms with Crippen LogP contribution in [0.15, 0.2) is 18.3 Å². The predicted octanol–water partition coefficient (Wildman–Crippen LogP) is -0.104. The number of halogens is 1. The lowest BCUT2D eigenvalue weighted by molar-refractivity contribution is 0.426. The zero-order chi connectivity index (χ0) is 9.42. The molecule has 3 N–H and O–H groups in total. The number of fused-ring (bicyclic) bond motifs is 1. The van der Waals surface area contributed by atoms with Gasteiger partial charge in [-0.05, 0) is 11.5 Å². The zero-order valence-corrected chi connectivity index (χ0v) is 7.28. The first-order chi connectivity index (χ1) is 6.18. The highest BCUT2D eigenvalue weighted by molar-refractivity contribution is 6.59. The SMILES string of the molecule is OB(O)c1cc(Cl)c2[nH]ncc2c1. The first kappa shape index (κ1) is 8.56. The number of rotatable bonds is 1. The normalized spacial score (nSPS) is 10.7. The van der Waals surface area contributed by atoms with E-state index in [2.05, 4.69) is 10.2 Å². The van der Waals surface area contributed by atoms with Crippen LogP contribution in [0.3, 0.4) is 0 Å². The van der Waals surface area contributed by atoms with Crippen LogP contribution in [-0.4, -0.2) is 27.4 Å². The maximum absolute atomic E-state index is 8.91. The van der Waals surface area contributed by atoms with Crippen molar-refractivity contribution in [1.29, 1.82) is 0 Å². The van der Waals surface area contributed by atoms with Crippen LogP contribution in [0.2, 0.25) is 5.02 Å². The first-order valence-corrected chi connectivity index (χ1v) is 4.05. The summed E-state index contributed by atoms with van der Waals surface area (Å²) < 4.78 is 0. The molecule has 66 valence electrons. The summed E-state index contributed by atoms with van der Waals surface area (Å²) in [6.45, 7) is 0. The Balaban J connectivity index is 2.70. The molecule has 0 unspecified atom stereocenters. The summed E-state index contributed by atoms with van der Waals surface area (Å²) in [6, 6.07) is 3.11. The van der Waals surface area contributed by atoms with Crippen molar-refractivity contribution >= 4 is 35.1 Å². The molecule has 4 nitrogen and oxygen atoms in total. The molecule has 13 heavy (non-hydrogen) atoms. The Kier molecular flexibility index (Phi) is 1.99. The minimum absolute atomic E-state index is 0.360. The van der Waals surface area contributed by atoms with Crippen LogP contribution in [0.5, 0.6) is 0 Å². The molecular weight excluding hydrogens is 190 g/mol. The van der Waals surface area contributed by atoms with Crippen LogP contribution in [0, 0.1) is 0 Å². The molecule has 0 atom stereocenters. The van der Waals surface area contributed by atoms with E-state index in [9.17, 15) is 0 Å². The quantitative estimate of drug-likeness (QED) is 0.558. The summed E-state index contributed by atoms with van der Waals surface area (Å²) in [6.07, 6.45) is 1.58. The number of aromatic nitrogens is 2. The van der Waals surface area contributed by atoms with Gasteiger partial charge in [0.1, 0.15) is 0 Å². The van der Waals surface area contributed by atoms with Crippen LogP contribution in [-0.2, 0) is 0 Å². The number of hydrogen-bond acceptors (Lipinski definition) is 3. The van der Waals surface area contributed by atoms with Gasteiger partial charge >= 0.3 is 7.12 Å². The number of nitrogens with one attached hydrogen (secondary N) is 1. The number of benzene rings is 1. The average Bonchev–Trinajstić information content (AvgIpc) is 2.51. The number of hydrogen-bond donors (Lipinski definition) is 3. The van der Waals surface area contributed by atoms with Gasteiger partial charge in [0.15, 0.2) is 0 Å². The van der Waals surface area contributed by atoms with Crippen LogP contribution in [0.4, 0.5) is 0 Å². The monoisotopic (exact) mass is 196 g/mol. The van der Waals surface area contributed by atoms with Crippen molar-refractivity contribution < 1.29 is 10.0 Å². The Bertz CT molecular complexity index is 443. The van der Waals surface area contributed by atoms with Gasteiger partial charge in [-0.25, -0.2) is 0 Å². The van der Waals surface area contributed by atoms with Gasteiger partial charge in [0.25, 0.3) is 0 Å². The number of aromatic amines is 1. The molecule has 0 bridgehead atoms. The zero-order valence-electron chi connectivity index (χ0n) is 6.53. The lowest BCUT2D eigenvalue weighted by Crippen LogP contribution is -2.29. The van der Waals surface area contributed by atoms with Crippen molar-refractivity contribution in [2.75, 3.05) is 0 Å². The van der Waals surface area contributed by atoms with Crippen LogP contribution >= 0.6 is 11.6 Å². The van der Waals surface area contributed by atoms with E-state index in [1.165, 1.54) is 6.07 Å². The van der Waals surface area contributed by atoms with Gasteiger partial charge in [-0.15, -0.1) is 0 Å². The smallest absolute Gasteiger partial charge is 0.423 e. The van der Waals surface area contributed by atoms with Gasteiger partial charge in [-0.3, -0.25) is 5.10 Å². The summed E-state index contributed by atoms with van der Waals surface area (Å²) in [7, 11) is -1.50. The number of H-pyrrole nitrogens is 1. The predicted molar refractivity (Wildman–Crippen MR) is 50.9 cm³/mol. The van der Waals surface area contributed by atoms with Crippen LogP contribution in [0.1, 0.15) is 0 Å². The molecule has 2 aromatic rings. The van der Waals surface area contributed by atoms with Gasteiger partial charge < -0.3 is 10.0 Å². The second-order valence-electron chi connectivity index (χ2n) is 2.71. The topological polar surface area (TPSA) is 69.1 Å². The van der Waals surface area contributed by atoms with Gasteiger partial charge in [0.05, 0.1) is 16.7 Å². The Morgan fingerprint density at radius 1 is 1.38 bits per heavy atom. The largest absolute Gasteiger partial charge is 0.488 e. The molecule has 2 rings (SSSR count). The van der Waals surface area contributed by atoms with Crippen LogP contribution < -0.4 is 5.46 Å². The summed E-state index contributed by atoms with van der Waals surface area (Å²) in [5.74, 6) is 0. The molecule has 0 fully saturated rings. The fraction of sp³-hybridized carbons (Fsp3) is 0. The third-order valence-electron chi connectivity index (χ3n) is 1.82. The minimum atomic E-state index is -1.50. The fourth-order valence-corrected chi connectivity index (χ4v) is 1.46. The summed E-state index contributed by atoms with van der Waals surface area (Å²) in [5, 5.41) is 25.5. The van der Waals surface area contributed by atoms with E-state index in [1.807, 2.05) is 0 Å². The third-order valence-corrected chi connectivity index (χ3v) is 2.12. The van der Waals surface area contributed by atoms with E-state index >= 15 is 0 Å². The van der Waals surface area contributed by atoms with E-state index in [4.69, 9.17) is 21.6 Å². The van der Waals surface area contributed by atoms with E-state index in [1.54, 1.807) is 12.3 Å². The van der Waals surface area contributed by atoms with Gasteiger partial charge in [0, 0.05) is 5.39 Å². The molecule has 0 aliphatic carbocycles. The van der Waals surface area contributed by atoms with Crippen molar-refractivity contribution in [3.8, 4) is 0 Å². The highest BCUT2D eigenvalue weighted by Gasteiger charge is 2.13. The second kappa shape index (κ2) is 3.03. The molecule has 0 saturated heterocycles. The summed E-state index contributed by atoms with van der Waals surface area (Å²) in [5.41, 5.74) is 1.06. The second-order valence-corrected chi connectivity index (χ2v) is 3.12. The highest BCUT2D eigenvalue weighted by atomic mass is 35.5. The van der Waals surface area contributed by atoms with Gasteiger partial charge in [0.2, 0.25) is 0 Å². The van der Waals surface area contributed by atoms with Crippen LogP contribution in [0.25, 0.3) is 10.9 Å². The lowest BCUT2D eigenvalue weighted by atomic mass is 9.80. The maximum atomic E-state index is 8.91. The molecule has 6 heteroatoms. The first-order valence-electron chi connectivity index (χ1n) is 3.67. The van der Waals surface area contributed by atoms with Crippen molar-refractivity contribution in [1.82, 2.24) is 10.2 Å². The highest BCUT2D eigenvalue weighted by Crippen LogP contribution is 2.18. The lowest BCUT2D eigenvalue weighted by Gasteiger charge is -2.00. The molecule has 1 heterocycles. The third kappa shape index (κ3) is 1.41. The fourth-order valence-electron chi connectivity index (χ4n) is 1.18. The average molecular weight is 196 g/mol. The standard InChI is InChI=1S/C7H6BClN2O2/c9-6-2-5(8(12)13)1-4-3-10-11-7(4)6/h1-3,12-13H,(H,10,11). The summed E-state index contributed by atoms with van der Waals surface area (Å²) in [4.78, 5) is 0.